The lowest BCUT2D eigenvalue weighted by atomic mass is 9.66. The lowest BCUT2D eigenvalue weighted by Crippen LogP contribution is -2.48. The molecule has 2 aromatic rings. The number of piperidine rings is 1. The van der Waals surface area contributed by atoms with E-state index in [1.54, 1.807) is 12.3 Å². The second-order valence-electron chi connectivity index (χ2n) is 7.58. The molecule has 0 spiro atoms. The van der Waals surface area contributed by atoms with E-state index in [1.807, 2.05) is 18.2 Å². The van der Waals surface area contributed by atoms with Crippen molar-refractivity contribution in [1.29, 1.82) is 0 Å². The first kappa shape index (κ1) is 17.4. The number of aromatic nitrogens is 3. The summed E-state index contributed by atoms with van der Waals surface area (Å²) in [6, 6.07) is 3.72. The van der Waals surface area contributed by atoms with Gasteiger partial charge in [-0.3, -0.25) is 4.79 Å². The number of allylic oxidation sites excluding steroid dienone is 3. The Morgan fingerprint density at radius 2 is 2.18 bits per heavy atom. The van der Waals surface area contributed by atoms with Gasteiger partial charge in [0.15, 0.2) is 5.78 Å². The van der Waals surface area contributed by atoms with Gasteiger partial charge >= 0.3 is 0 Å². The minimum absolute atomic E-state index is 0.0587. The highest BCUT2D eigenvalue weighted by molar-refractivity contribution is 6.28. The lowest BCUT2D eigenvalue weighted by molar-refractivity contribution is -0.118. The molecular formula is C20H20ClN5O2. The number of furan rings is 1. The van der Waals surface area contributed by atoms with E-state index in [2.05, 4.69) is 31.2 Å². The average Bonchev–Trinajstić information content (AvgIpc) is 3.20. The fraction of sp³-hybridized carbons (Fsp3) is 0.400. The number of rotatable bonds is 4. The van der Waals surface area contributed by atoms with Gasteiger partial charge in [-0.25, -0.2) is 0 Å². The van der Waals surface area contributed by atoms with Crippen molar-refractivity contribution in [3.63, 3.8) is 0 Å². The first-order chi connectivity index (χ1) is 13.7. The molecule has 8 heteroatoms. The summed E-state index contributed by atoms with van der Waals surface area (Å²) in [5, 5.41) is 3.30. The maximum absolute atomic E-state index is 12.3. The van der Waals surface area contributed by atoms with E-state index < -0.39 is 0 Å². The minimum Gasteiger partial charge on any atom is -0.467 e. The number of hydrogen-bond acceptors (Lipinski definition) is 7. The summed E-state index contributed by atoms with van der Waals surface area (Å²) in [4.78, 5) is 27.5. The van der Waals surface area contributed by atoms with Gasteiger partial charge in [0.2, 0.25) is 17.2 Å². The zero-order chi connectivity index (χ0) is 19.1. The average molecular weight is 398 g/mol. The molecule has 3 aliphatic rings. The minimum atomic E-state index is 0.0587. The second-order valence-corrected chi connectivity index (χ2v) is 7.92. The Morgan fingerprint density at radius 1 is 1.25 bits per heavy atom. The molecule has 3 atom stereocenters. The summed E-state index contributed by atoms with van der Waals surface area (Å²) in [5.41, 5.74) is 1.25. The van der Waals surface area contributed by atoms with Crippen LogP contribution in [-0.2, 0) is 11.3 Å². The van der Waals surface area contributed by atoms with Crippen molar-refractivity contribution in [2.24, 2.45) is 17.8 Å². The van der Waals surface area contributed by atoms with Crippen LogP contribution in [0.3, 0.4) is 0 Å². The lowest BCUT2D eigenvalue weighted by Gasteiger charge is -2.45. The van der Waals surface area contributed by atoms with E-state index in [1.165, 1.54) is 5.57 Å². The van der Waals surface area contributed by atoms with Crippen molar-refractivity contribution in [3.05, 3.63) is 53.2 Å². The Morgan fingerprint density at radius 3 is 3.04 bits per heavy atom. The largest absolute Gasteiger partial charge is 0.467 e. The molecule has 2 aromatic heterocycles. The molecule has 28 heavy (non-hydrogen) atoms. The molecule has 0 unspecified atom stereocenters. The van der Waals surface area contributed by atoms with Crippen molar-refractivity contribution >= 4 is 29.3 Å². The summed E-state index contributed by atoms with van der Waals surface area (Å²) in [6.07, 6.45) is 9.34. The first-order valence-electron chi connectivity index (χ1n) is 9.50. The highest BCUT2D eigenvalue weighted by Gasteiger charge is 2.41. The third-order valence-electron chi connectivity index (χ3n) is 5.75. The molecular weight excluding hydrogens is 378 g/mol. The molecule has 2 bridgehead atoms. The molecule has 1 N–H and O–H groups in total. The van der Waals surface area contributed by atoms with E-state index >= 15 is 0 Å². The predicted molar refractivity (Wildman–Crippen MR) is 105 cm³/mol. The summed E-state index contributed by atoms with van der Waals surface area (Å²) < 4.78 is 5.32. The Kier molecular flexibility index (Phi) is 4.39. The van der Waals surface area contributed by atoms with Crippen LogP contribution in [0.4, 0.5) is 11.9 Å². The molecule has 1 aliphatic heterocycles. The Labute approximate surface area is 167 Å². The van der Waals surface area contributed by atoms with Crippen LogP contribution < -0.4 is 10.2 Å². The zero-order valence-electron chi connectivity index (χ0n) is 15.2. The Bertz CT molecular complexity index is 956. The zero-order valence-corrected chi connectivity index (χ0v) is 16.0. The summed E-state index contributed by atoms with van der Waals surface area (Å²) >= 11 is 6.16. The van der Waals surface area contributed by atoms with Crippen molar-refractivity contribution in [3.8, 4) is 0 Å². The maximum atomic E-state index is 12.3. The number of halogens is 1. The molecule has 1 saturated carbocycles. The van der Waals surface area contributed by atoms with E-state index in [0.717, 1.165) is 31.7 Å². The topological polar surface area (TPSA) is 84.2 Å². The monoisotopic (exact) mass is 397 g/mol. The van der Waals surface area contributed by atoms with E-state index in [4.69, 9.17) is 16.0 Å². The number of hydrogen-bond donors (Lipinski definition) is 1. The number of carbonyl (C=O) groups excluding carboxylic acids is 1. The number of nitrogens with one attached hydrogen (secondary N) is 1. The maximum Gasteiger partial charge on any atom is 0.231 e. The summed E-state index contributed by atoms with van der Waals surface area (Å²) in [6.45, 7) is 2.09. The first-order valence-corrected chi connectivity index (χ1v) is 9.88. The van der Waals surface area contributed by atoms with Gasteiger partial charge in [-0.15, -0.1) is 0 Å². The quantitative estimate of drug-likeness (QED) is 0.847. The molecule has 3 heterocycles. The van der Waals surface area contributed by atoms with Crippen molar-refractivity contribution in [2.75, 3.05) is 23.3 Å². The molecule has 0 amide bonds. The molecule has 7 nitrogen and oxygen atoms in total. The summed E-state index contributed by atoms with van der Waals surface area (Å²) in [5.74, 6) is 2.89. The van der Waals surface area contributed by atoms with Gasteiger partial charge in [0.25, 0.3) is 0 Å². The van der Waals surface area contributed by atoms with Crippen LogP contribution in [-0.4, -0.2) is 33.8 Å². The molecule has 144 valence electrons. The number of fused-ring (bicyclic) bond motifs is 4. The fourth-order valence-electron chi connectivity index (χ4n) is 4.58. The highest BCUT2D eigenvalue weighted by atomic mass is 35.5. The van der Waals surface area contributed by atoms with E-state index in [-0.39, 0.29) is 17.0 Å². The molecule has 1 saturated heterocycles. The molecule has 0 radical (unpaired) electrons. The third-order valence-corrected chi connectivity index (χ3v) is 5.92. The van der Waals surface area contributed by atoms with Crippen LogP contribution in [0.15, 0.2) is 46.6 Å². The van der Waals surface area contributed by atoms with Crippen LogP contribution >= 0.6 is 11.6 Å². The number of carbonyl (C=O) groups is 1. The highest BCUT2D eigenvalue weighted by Crippen LogP contribution is 2.44. The third kappa shape index (κ3) is 3.30. The van der Waals surface area contributed by atoms with Gasteiger partial charge in [-0.1, -0.05) is 17.7 Å². The number of anilines is 2. The Hall–Kier alpha value is -2.67. The fourth-order valence-corrected chi connectivity index (χ4v) is 4.73. The van der Waals surface area contributed by atoms with Crippen molar-refractivity contribution in [2.45, 2.75) is 19.4 Å². The summed E-state index contributed by atoms with van der Waals surface area (Å²) in [7, 11) is 0. The smallest absolute Gasteiger partial charge is 0.231 e. The van der Waals surface area contributed by atoms with Gasteiger partial charge in [0.1, 0.15) is 5.76 Å². The van der Waals surface area contributed by atoms with Crippen LogP contribution in [0.25, 0.3) is 0 Å². The van der Waals surface area contributed by atoms with Gasteiger partial charge < -0.3 is 14.6 Å². The van der Waals surface area contributed by atoms with Gasteiger partial charge in [-0.05, 0) is 54.5 Å². The van der Waals surface area contributed by atoms with Crippen LogP contribution in [0.1, 0.15) is 18.6 Å². The molecule has 2 fully saturated rings. The van der Waals surface area contributed by atoms with Gasteiger partial charge in [-0.2, -0.15) is 15.0 Å². The van der Waals surface area contributed by atoms with Gasteiger partial charge in [0, 0.05) is 19.0 Å². The van der Waals surface area contributed by atoms with Crippen LogP contribution in [0.5, 0.6) is 0 Å². The Balaban J connectivity index is 1.36. The van der Waals surface area contributed by atoms with E-state index in [9.17, 15) is 4.79 Å². The van der Waals surface area contributed by atoms with Crippen molar-refractivity contribution < 1.29 is 9.21 Å². The van der Waals surface area contributed by atoms with Crippen LogP contribution in [0.2, 0.25) is 5.28 Å². The second kappa shape index (κ2) is 7.05. The predicted octanol–water partition coefficient (Wildman–Crippen LogP) is 3.26. The van der Waals surface area contributed by atoms with Gasteiger partial charge in [0.05, 0.1) is 12.8 Å². The normalized spacial score (nSPS) is 26.0. The van der Waals surface area contributed by atoms with Crippen molar-refractivity contribution in [1.82, 2.24) is 15.0 Å². The molecule has 0 aromatic carbocycles. The number of nitrogens with zero attached hydrogens (tertiary/aromatic N) is 4. The number of ketones is 1. The van der Waals surface area contributed by atoms with Crippen LogP contribution in [0, 0.1) is 17.8 Å². The molecule has 2 aliphatic carbocycles. The standard InChI is InChI=1S/C20H20ClN5O2/c21-18-23-19(22-9-14-3-2-6-28-14)25-20(24-18)26-10-12-7-13(11-26)15-4-1-5-17(27)16(15)8-12/h1-6,12-13,16H,7-11H2,(H,22,23,24,25)/t12-,13-,16-/m1/s1. The molecule has 5 rings (SSSR count). The van der Waals surface area contributed by atoms with E-state index in [0.29, 0.717) is 30.3 Å². The SMILES string of the molecule is O=C1C=CC=C2[C@@H]3C[C@H](C[C@@H]12)CN(c1nc(Cl)nc(NCc2ccco2)n1)C3.